The zero-order chi connectivity index (χ0) is 9.41. The van der Waals surface area contributed by atoms with E-state index in [2.05, 4.69) is 16.9 Å². The molecule has 1 aromatic heterocycles. The highest BCUT2D eigenvalue weighted by atomic mass is 31.2. The summed E-state index contributed by atoms with van der Waals surface area (Å²) in [5.41, 5.74) is 0. The monoisotopic (exact) mass is 191 g/mol. The summed E-state index contributed by atoms with van der Waals surface area (Å²) in [6.45, 7) is 2.98. The molecule has 0 fully saturated rings. The number of nitrogens with one attached hydrogen (secondary N) is 1. The van der Waals surface area contributed by atoms with E-state index in [1.807, 2.05) is 0 Å². The van der Waals surface area contributed by atoms with Crippen molar-refractivity contribution in [3.63, 3.8) is 0 Å². The first kappa shape index (κ1) is 9.41. The molecule has 0 spiro atoms. The van der Waals surface area contributed by atoms with E-state index in [0.29, 0.717) is 0 Å². The number of hydrogen-bond acceptors (Lipinski definition) is 3. The lowest BCUT2D eigenvalue weighted by molar-refractivity contribution is 0.125. The quantitative estimate of drug-likeness (QED) is 0.474. The normalized spacial score (nSPS) is 17.3. The molecular formula is C5H8N2O4P. The van der Waals surface area contributed by atoms with Crippen LogP contribution in [-0.2, 0) is 9.91 Å². The first-order chi connectivity index (χ1) is 5.36. The summed E-state index contributed by atoms with van der Waals surface area (Å²) in [5.74, 6) is -0.254. The molecule has 6 nitrogen and oxygen atoms in total. The molecule has 1 aromatic rings. The summed E-state index contributed by atoms with van der Waals surface area (Å²) in [4.78, 5) is 23.2. The van der Waals surface area contributed by atoms with E-state index >= 15 is 0 Å². The van der Waals surface area contributed by atoms with Gasteiger partial charge in [0.1, 0.15) is 0 Å². The van der Waals surface area contributed by atoms with Crippen LogP contribution >= 0.6 is 7.60 Å². The molecule has 1 rings (SSSR count). The van der Waals surface area contributed by atoms with Gasteiger partial charge in [-0.25, -0.2) is 4.98 Å². The summed E-state index contributed by atoms with van der Waals surface area (Å²) < 4.78 is 10.7. The molecule has 0 aromatic carbocycles. The standard InChI is InChI=1S/C5H8N2O4P/c1-5(8,12(9,10)11)4-6-2-3-7-4/h2-3,8H,1H2,(H,6,7)(H2,9,10,11). The van der Waals surface area contributed by atoms with Gasteiger partial charge in [-0.15, -0.1) is 0 Å². The van der Waals surface area contributed by atoms with Gasteiger partial charge in [0.25, 0.3) is 0 Å². The lowest BCUT2D eigenvalue weighted by atomic mass is 10.4. The van der Waals surface area contributed by atoms with Gasteiger partial charge in [-0.05, 0) is 6.92 Å². The second kappa shape index (κ2) is 2.67. The summed E-state index contributed by atoms with van der Waals surface area (Å²) in [6, 6.07) is 0. The molecule has 1 heterocycles. The molecule has 1 radical (unpaired) electrons. The average molecular weight is 191 g/mol. The van der Waals surface area contributed by atoms with Gasteiger partial charge in [0.05, 0.1) is 0 Å². The number of aromatic nitrogens is 2. The Morgan fingerprint density at radius 3 is 2.58 bits per heavy atom. The number of rotatable bonds is 2. The van der Waals surface area contributed by atoms with Gasteiger partial charge in [0, 0.05) is 12.4 Å². The molecule has 1 unspecified atom stereocenters. The maximum atomic E-state index is 10.7. The second-order valence-corrected chi connectivity index (χ2v) is 4.13. The van der Waals surface area contributed by atoms with Crippen molar-refractivity contribution >= 4 is 7.60 Å². The number of H-pyrrole nitrogens is 1. The Kier molecular flexibility index (Phi) is 2.09. The van der Waals surface area contributed by atoms with E-state index in [-0.39, 0.29) is 5.82 Å². The Bertz CT molecular complexity index is 301. The van der Waals surface area contributed by atoms with Crippen LogP contribution in [0.25, 0.3) is 0 Å². The van der Waals surface area contributed by atoms with E-state index in [1.165, 1.54) is 12.4 Å². The first-order valence-corrected chi connectivity index (χ1v) is 4.60. The topological polar surface area (TPSA) is 106 Å². The Morgan fingerprint density at radius 2 is 2.25 bits per heavy atom. The van der Waals surface area contributed by atoms with Crippen molar-refractivity contribution in [2.24, 2.45) is 0 Å². The van der Waals surface area contributed by atoms with Crippen molar-refractivity contribution < 1.29 is 19.5 Å². The molecule has 7 heteroatoms. The first-order valence-electron chi connectivity index (χ1n) is 2.99. The van der Waals surface area contributed by atoms with Crippen LogP contribution in [0.2, 0.25) is 0 Å². The van der Waals surface area contributed by atoms with Crippen LogP contribution in [0.15, 0.2) is 12.4 Å². The van der Waals surface area contributed by atoms with Crippen LogP contribution in [0.3, 0.4) is 0 Å². The van der Waals surface area contributed by atoms with Crippen LogP contribution in [0, 0.1) is 6.92 Å². The summed E-state index contributed by atoms with van der Waals surface area (Å²) in [5, 5.41) is 6.75. The van der Waals surface area contributed by atoms with E-state index < -0.39 is 12.9 Å². The Hall–Kier alpha value is -0.680. The summed E-state index contributed by atoms with van der Waals surface area (Å²) in [7, 11) is -4.71. The van der Waals surface area contributed by atoms with Crippen LogP contribution in [0.1, 0.15) is 5.82 Å². The average Bonchev–Trinajstić information content (AvgIpc) is 2.34. The molecule has 1 atom stereocenters. The van der Waals surface area contributed by atoms with E-state index in [0.717, 1.165) is 0 Å². The fourth-order valence-corrected chi connectivity index (χ4v) is 1.02. The molecule has 0 saturated carbocycles. The molecule has 0 amide bonds. The van der Waals surface area contributed by atoms with E-state index in [4.69, 9.17) is 9.79 Å². The second-order valence-electron chi connectivity index (χ2n) is 2.30. The van der Waals surface area contributed by atoms with Gasteiger partial charge >= 0.3 is 7.60 Å². The van der Waals surface area contributed by atoms with Crippen molar-refractivity contribution in [2.75, 3.05) is 0 Å². The predicted molar refractivity (Wildman–Crippen MR) is 39.9 cm³/mol. The molecule has 0 aliphatic carbocycles. The Balaban J connectivity index is 3.11. The zero-order valence-corrected chi connectivity index (χ0v) is 6.90. The molecule has 0 aliphatic rings. The van der Waals surface area contributed by atoms with Gasteiger partial charge < -0.3 is 19.9 Å². The fourth-order valence-electron chi connectivity index (χ4n) is 0.622. The van der Waals surface area contributed by atoms with Gasteiger partial charge in [-0.3, -0.25) is 4.57 Å². The predicted octanol–water partition coefficient (Wildman–Crippen LogP) is -0.433. The highest BCUT2D eigenvalue weighted by Crippen LogP contribution is 2.53. The molecular weight excluding hydrogens is 183 g/mol. The van der Waals surface area contributed by atoms with Gasteiger partial charge in [-0.1, -0.05) is 0 Å². The van der Waals surface area contributed by atoms with Crippen LogP contribution in [0.4, 0.5) is 0 Å². The fraction of sp³-hybridized carbons (Fsp3) is 0.200. The molecule has 4 N–H and O–H groups in total. The van der Waals surface area contributed by atoms with Crippen molar-refractivity contribution in [3.8, 4) is 0 Å². The largest absolute Gasteiger partial charge is 0.371 e. The van der Waals surface area contributed by atoms with Crippen molar-refractivity contribution in [2.45, 2.75) is 5.34 Å². The van der Waals surface area contributed by atoms with Gasteiger partial charge in [0.2, 0.25) is 5.34 Å². The van der Waals surface area contributed by atoms with Gasteiger partial charge in [-0.2, -0.15) is 0 Å². The third-order valence-corrected chi connectivity index (χ3v) is 2.53. The number of hydrogen-bond donors (Lipinski definition) is 4. The Labute approximate surface area is 68.4 Å². The molecule has 67 valence electrons. The minimum atomic E-state index is -4.71. The minimum Gasteiger partial charge on any atom is -0.371 e. The number of aromatic amines is 1. The molecule has 0 bridgehead atoms. The highest BCUT2D eigenvalue weighted by molar-refractivity contribution is 7.52. The minimum absolute atomic E-state index is 0.254. The van der Waals surface area contributed by atoms with E-state index in [1.54, 1.807) is 0 Å². The van der Waals surface area contributed by atoms with Crippen LogP contribution in [-0.4, -0.2) is 24.9 Å². The lowest BCUT2D eigenvalue weighted by Crippen LogP contribution is -2.23. The highest BCUT2D eigenvalue weighted by Gasteiger charge is 2.44. The Morgan fingerprint density at radius 1 is 1.67 bits per heavy atom. The van der Waals surface area contributed by atoms with Gasteiger partial charge in [0.15, 0.2) is 5.82 Å². The maximum Gasteiger partial charge on any atom is 0.364 e. The molecule has 12 heavy (non-hydrogen) atoms. The van der Waals surface area contributed by atoms with Crippen molar-refractivity contribution in [1.29, 1.82) is 0 Å². The molecule has 0 saturated heterocycles. The van der Waals surface area contributed by atoms with Crippen molar-refractivity contribution in [1.82, 2.24) is 9.97 Å². The SMILES string of the molecule is [CH2]C(O)(c1ncc[nH]1)P(=O)(O)O. The smallest absolute Gasteiger partial charge is 0.364 e. The van der Waals surface area contributed by atoms with Crippen LogP contribution in [0.5, 0.6) is 0 Å². The lowest BCUT2D eigenvalue weighted by Gasteiger charge is -2.21. The van der Waals surface area contributed by atoms with E-state index in [9.17, 15) is 9.67 Å². The molecule has 0 aliphatic heterocycles. The van der Waals surface area contributed by atoms with Crippen LogP contribution < -0.4 is 0 Å². The third kappa shape index (κ3) is 1.42. The maximum absolute atomic E-state index is 10.7. The number of nitrogens with zero attached hydrogens (tertiary/aromatic N) is 1. The number of aliphatic hydroxyl groups is 1. The number of imidazole rings is 1. The summed E-state index contributed by atoms with van der Waals surface area (Å²) >= 11 is 0. The van der Waals surface area contributed by atoms with Crippen molar-refractivity contribution in [3.05, 3.63) is 25.1 Å². The third-order valence-electron chi connectivity index (χ3n) is 1.36. The zero-order valence-electron chi connectivity index (χ0n) is 6.01. The summed E-state index contributed by atoms with van der Waals surface area (Å²) in [6.07, 6.45) is 2.60.